The van der Waals surface area contributed by atoms with Gasteiger partial charge in [0.2, 0.25) is 5.91 Å². The number of benzene rings is 1. The third kappa shape index (κ3) is 7.28. The summed E-state index contributed by atoms with van der Waals surface area (Å²) >= 11 is 0. The lowest BCUT2D eigenvalue weighted by Gasteiger charge is -2.22. The molecule has 1 rings (SSSR count). The smallest absolute Gasteiger partial charge is 0.307 e. The molecule has 0 aliphatic heterocycles. The zero-order valence-electron chi connectivity index (χ0n) is 14.3. The molecule has 0 bridgehead atoms. The van der Waals surface area contributed by atoms with Crippen molar-refractivity contribution in [2.75, 3.05) is 26.2 Å². The molecule has 0 aliphatic rings. The second kappa shape index (κ2) is 10.4. The molecule has 1 aromatic rings. The first kappa shape index (κ1) is 20.5. The van der Waals surface area contributed by atoms with Crippen molar-refractivity contribution < 1.29 is 27.9 Å². The first-order chi connectivity index (χ1) is 11.8. The van der Waals surface area contributed by atoms with Crippen LogP contribution in [0.25, 0.3) is 0 Å². The predicted molar refractivity (Wildman–Crippen MR) is 86.8 cm³/mol. The average Bonchev–Trinajstić information content (AvgIpc) is 2.56. The molecule has 0 fully saturated rings. The molecule has 0 atom stereocenters. The van der Waals surface area contributed by atoms with Crippen molar-refractivity contribution in [3.8, 4) is 0 Å². The largest absolute Gasteiger partial charge is 0.466 e. The van der Waals surface area contributed by atoms with Gasteiger partial charge in [-0.05, 0) is 31.5 Å². The Morgan fingerprint density at radius 3 is 2.48 bits per heavy atom. The highest BCUT2D eigenvalue weighted by atomic mass is 19.2. The van der Waals surface area contributed by atoms with Crippen molar-refractivity contribution in [3.63, 3.8) is 0 Å². The summed E-state index contributed by atoms with van der Waals surface area (Å²) in [6, 6.07) is 2.89. The molecular formula is C17H22F2N2O4. The van der Waals surface area contributed by atoms with E-state index < -0.39 is 23.5 Å². The van der Waals surface area contributed by atoms with E-state index in [0.29, 0.717) is 13.0 Å². The Kier molecular flexibility index (Phi) is 8.52. The summed E-state index contributed by atoms with van der Waals surface area (Å²) in [5, 5.41) is 2.60. The van der Waals surface area contributed by atoms with Gasteiger partial charge in [-0.2, -0.15) is 0 Å². The van der Waals surface area contributed by atoms with E-state index in [4.69, 9.17) is 4.74 Å². The molecule has 0 saturated heterocycles. The highest BCUT2D eigenvalue weighted by Crippen LogP contribution is 2.12. The van der Waals surface area contributed by atoms with Gasteiger partial charge in [0.25, 0.3) is 5.91 Å². The summed E-state index contributed by atoms with van der Waals surface area (Å²) < 4.78 is 31.2. The maximum atomic E-state index is 13.3. The first-order valence-electron chi connectivity index (χ1n) is 7.99. The number of nitrogens with zero attached hydrogens (tertiary/aromatic N) is 1. The highest BCUT2D eigenvalue weighted by molar-refractivity contribution is 5.94. The number of rotatable bonds is 9. The van der Waals surface area contributed by atoms with Gasteiger partial charge in [-0.3, -0.25) is 14.4 Å². The van der Waals surface area contributed by atoms with Gasteiger partial charge >= 0.3 is 5.97 Å². The van der Waals surface area contributed by atoms with E-state index in [1.54, 1.807) is 6.92 Å². The van der Waals surface area contributed by atoms with Gasteiger partial charge in [-0.1, -0.05) is 0 Å². The molecule has 25 heavy (non-hydrogen) atoms. The Hall–Kier alpha value is -2.51. The summed E-state index contributed by atoms with van der Waals surface area (Å²) in [6.45, 7) is 3.98. The molecule has 138 valence electrons. The quantitative estimate of drug-likeness (QED) is 0.542. The third-order valence-corrected chi connectivity index (χ3v) is 3.32. The molecule has 1 aromatic carbocycles. The Bertz CT molecular complexity index is 623. The summed E-state index contributed by atoms with van der Waals surface area (Å²) in [5.74, 6) is -3.32. The average molecular weight is 356 g/mol. The summed E-state index contributed by atoms with van der Waals surface area (Å²) in [6.07, 6.45) is 0.446. The Balaban J connectivity index is 2.76. The first-order valence-corrected chi connectivity index (χ1v) is 7.99. The molecule has 6 nitrogen and oxygen atoms in total. The second-order valence-corrected chi connectivity index (χ2v) is 5.31. The zero-order chi connectivity index (χ0) is 18.8. The van der Waals surface area contributed by atoms with Crippen LogP contribution in [0.15, 0.2) is 18.2 Å². The van der Waals surface area contributed by atoms with Crippen LogP contribution in [0.5, 0.6) is 0 Å². The van der Waals surface area contributed by atoms with Crippen LogP contribution in [-0.4, -0.2) is 48.9 Å². The van der Waals surface area contributed by atoms with Gasteiger partial charge in [0.1, 0.15) is 0 Å². The van der Waals surface area contributed by atoms with Gasteiger partial charge in [-0.25, -0.2) is 8.78 Å². The third-order valence-electron chi connectivity index (χ3n) is 3.32. The van der Waals surface area contributed by atoms with Gasteiger partial charge in [0.15, 0.2) is 11.6 Å². The second-order valence-electron chi connectivity index (χ2n) is 5.31. The molecule has 0 heterocycles. The van der Waals surface area contributed by atoms with Gasteiger partial charge in [-0.15, -0.1) is 0 Å². The molecule has 1 N–H and O–H groups in total. The van der Waals surface area contributed by atoms with Crippen molar-refractivity contribution in [1.29, 1.82) is 0 Å². The summed E-state index contributed by atoms with van der Waals surface area (Å²) in [7, 11) is 0. The van der Waals surface area contributed by atoms with E-state index in [9.17, 15) is 23.2 Å². The number of halogens is 2. The molecule has 0 radical (unpaired) electrons. The minimum atomic E-state index is -1.12. The number of ether oxygens (including phenoxy) is 1. The van der Waals surface area contributed by atoms with Gasteiger partial charge in [0.05, 0.1) is 13.0 Å². The molecule has 0 spiro atoms. The number of carbonyl (C=O) groups is 3. The fraction of sp³-hybridized carbons (Fsp3) is 0.471. The van der Waals surface area contributed by atoms with Crippen molar-refractivity contribution >= 4 is 17.8 Å². The van der Waals surface area contributed by atoms with Crippen LogP contribution in [0.1, 0.15) is 37.0 Å². The Morgan fingerprint density at radius 2 is 1.88 bits per heavy atom. The maximum absolute atomic E-state index is 13.3. The molecule has 0 aliphatic carbocycles. The normalized spacial score (nSPS) is 10.2. The van der Waals surface area contributed by atoms with E-state index >= 15 is 0 Å². The molecule has 0 aromatic heterocycles. The van der Waals surface area contributed by atoms with Crippen LogP contribution < -0.4 is 5.32 Å². The van der Waals surface area contributed by atoms with Crippen LogP contribution in [0.4, 0.5) is 8.78 Å². The van der Waals surface area contributed by atoms with Crippen LogP contribution in [0, 0.1) is 11.6 Å². The fourth-order valence-electron chi connectivity index (χ4n) is 2.12. The molecule has 8 heteroatoms. The van der Waals surface area contributed by atoms with Crippen LogP contribution in [0.3, 0.4) is 0 Å². The number of esters is 1. The van der Waals surface area contributed by atoms with E-state index in [1.165, 1.54) is 17.9 Å². The van der Waals surface area contributed by atoms with E-state index in [0.717, 1.165) is 12.1 Å². The topological polar surface area (TPSA) is 75.7 Å². The highest BCUT2D eigenvalue weighted by Gasteiger charge is 2.18. The van der Waals surface area contributed by atoms with Crippen LogP contribution in [0.2, 0.25) is 0 Å². The van der Waals surface area contributed by atoms with Crippen LogP contribution >= 0.6 is 0 Å². The molecule has 2 amide bonds. The Labute approximate surface area is 145 Å². The van der Waals surface area contributed by atoms with Crippen LogP contribution in [-0.2, 0) is 14.3 Å². The number of carbonyl (C=O) groups excluding carboxylic acids is 3. The van der Waals surface area contributed by atoms with E-state index in [1.807, 2.05) is 0 Å². The SMILES string of the molecule is CCOC(=O)CCN(CCCNC(C)=O)C(=O)c1ccc(F)c(F)c1. The summed E-state index contributed by atoms with van der Waals surface area (Å²) in [4.78, 5) is 36.2. The monoisotopic (exact) mass is 356 g/mol. The lowest BCUT2D eigenvalue weighted by Crippen LogP contribution is -2.36. The Morgan fingerprint density at radius 1 is 1.16 bits per heavy atom. The molecule has 0 unspecified atom stereocenters. The predicted octanol–water partition coefficient (Wildman–Crippen LogP) is 1.89. The van der Waals surface area contributed by atoms with E-state index in [-0.39, 0.29) is 37.6 Å². The van der Waals surface area contributed by atoms with Crippen molar-refractivity contribution in [2.45, 2.75) is 26.7 Å². The summed E-state index contributed by atoms with van der Waals surface area (Å²) in [5.41, 5.74) is -0.0118. The number of hydrogen-bond acceptors (Lipinski definition) is 4. The number of hydrogen-bond donors (Lipinski definition) is 1. The van der Waals surface area contributed by atoms with Crippen molar-refractivity contribution in [2.24, 2.45) is 0 Å². The van der Waals surface area contributed by atoms with Crippen molar-refractivity contribution in [3.05, 3.63) is 35.4 Å². The minimum absolute atomic E-state index is 0.0105. The number of nitrogens with one attached hydrogen (secondary N) is 1. The van der Waals surface area contributed by atoms with E-state index in [2.05, 4.69) is 5.32 Å². The van der Waals surface area contributed by atoms with Crippen molar-refractivity contribution in [1.82, 2.24) is 10.2 Å². The lowest BCUT2D eigenvalue weighted by atomic mass is 10.1. The van der Waals surface area contributed by atoms with Gasteiger partial charge < -0.3 is 15.0 Å². The maximum Gasteiger partial charge on any atom is 0.307 e. The standard InChI is InChI=1S/C17H22F2N2O4/c1-3-25-16(23)7-10-21(9-4-8-20-12(2)22)17(24)13-5-6-14(18)15(19)11-13/h5-6,11H,3-4,7-10H2,1-2H3,(H,20,22). The zero-order valence-corrected chi connectivity index (χ0v) is 14.3. The lowest BCUT2D eigenvalue weighted by molar-refractivity contribution is -0.143. The molecule has 0 saturated carbocycles. The minimum Gasteiger partial charge on any atom is -0.466 e. The number of amides is 2. The van der Waals surface area contributed by atoms with Gasteiger partial charge in [0, 0.05) is 32.1 Å². The molecular weight excluding hydrogens is 334 g/mol. The fourth-order valence-corrected chi connectivity index (χ4v) is 2.12.